The molecule has 22 heavy (non-hydrogen) atoms. The van der Waals surface area contributed by atoms with Gasteiger partial charge in [-0.05, 0) is 55.8 Å². The number of rotatable bonds is 15. The molecule has 0 heterocycles. The minimum atomic E-state index is 0.321. The largest absolute Gasteiger partial charge is 0.396 e. The van der Waals surface area contributed by atoms with Crippen LogP contribution in [0, 0.1) is 10.8 Å². The molecule has 2 nitrogen and oxygen atoms in total. The van der Waals surface area contributed by atoms with Crippen LogP contribution in [-0.4, -0.2) is 24.9 Å². The van der Waals surface area contributed by atoms with Crippen molar-refractivity contribution in [2.45, 2.75) is 98.8 Å². The van der Waals surface area contributed by atoms with Gasteiger partial charge in [-0.25, -0.2) is 0 Å². The van der Waals surface area contributed by atoms with E-state index < -0.39 is 0 Å². The van der Waals surface area contributed by atoms with Crippen molar-refractivity contribution in [3.05, 3.63) is 0 Å². The van der Waals surface area contributed by atoms with Crippen LogP contribution in [0.15, 0.2) is 0 Å². The summed E-state index contributed by atoms with van der Waals surface area (Å²) in [5.74, 6) is 0. The van der Waals surface area contributed by atoms with Gasteiger partial charge in [0.25, 0.3) is 0 Å². The van der Waals surface area contributed by atoms with Gasteiger partial charge in [-0.15, -0.1) is 0 Å². The van der Waals surface area contributed by atoms with Crippen LogP contribution in [0.25, 0.3) is 0 Å². The third-order valence-electron chi connectivity index (χ3n) is 4.72. The van der Waals surface area contributed by atoms with Crippen LogP contribution in [0.3, 0.4) is 0 Å². The molecule has 0 saturated carbocycles. The van der Waals surface area contributed by atoms with E-state index in [9.17, 15) is 0 Å². The van der Waals surface area contributed by atoms with Crippen LogP contribution < -0.4 is 0 Å². The van der Waals surface area contributed by atoms with Gasteiger partial charge in [0.1, 0.15) is 0 Å². The number of unbranched alkanes of at least 4 members (excludes halogenated alkanes) is 2. The van der Waals surface area contributed by atoms with Gasteiger partial charge in [-0.3, -0.25) is 0 Å². The summed E-state index contributed by atoms with van der Waals surface area (Å²) in [4.78, 5) is 0. The van der Waals surface area contributed by atoms with E-state index in [1.807, 2.05) is 0 Å². The Labute approximate surface area is 140 Å². The SMILES string of the molecule is CCCC(C)(C)CCCCOCCCCC(C)(C)CCCO. The number of ether oxygens (including phenoxy) is 1. The maximum Gasteiger partial charge on any atom is 0.0466 e. The van der Waals surface area contributed by atoms with E-state index in [4.69, 9.17) is 9.84 Å². The quantitative estimate of drug-likeness (QED) is 0.377. The normalized spacial score (nSPS) is 12.8. The average Bonchev–Trinajstić information content (AvgIpc) is 2.43. The van der Waals surface area contributed by atoms with Gasteiger partial charge < -0.3 is 9.84 Å². The molecular weight excluding hydrogens is 272 g/mol. The van der Waals surface area contributed by atoms with E-state index in [-0.39, 0.29) is 0 Å². The predicted octanol–water partition coefficient (Wildman–Crippen LogP) is 5.97. The Morgan fingerprint density at radius 3 is 1.59 bits per heavy atom. The van der Waals surface area contributed by atoms with Crippen LogP contribution in [0.2, 0.25) is 0 Å². The first-order chi connectivity index (χ1) is 10.3. The number of hydrogen-bond donors (Lipinski definition) is 1. The van der Waals surface area contributed by atoms with Gasteiger partial charge in [0.05, 0.1) is 0 Å². The Bertz CT molecular complexity index is 246. The summed E-state index contributed by atoms with van der Waals surface area (Å²) in [7, 11) is 0. The Hall–Kier alpha value is -0.0800. The lowest BCUT2D eigenvalue weighted by Gasteiger charge is -2.24. The van der Waals surface area contributed by atoms with Crippen LogP contribution in [0.5, 0.6) is 0 Å². The van der Waals surface area contributed by atoms with Crippen molar-refractivity contribution in [3.8, 4) is 0 Å². The first kappa shape index (κ1) is 21.9. The standard InChI is InChI=1S/C20H42O2/c1-6-12-19(2,3)13-7-9-17-22-18-10-8-14-20(4,5)15-11-16-21/h21H,6-18H2,1-5H3. The molecule has 0 spiro atoms. The van der Waals surface area contributed by atoms with E-state index in [1.165, 1.54) is 51.4 Å². The van der Waals surface area contributed by atoms with Crippen molar-refractivity contribution in [3.63, 3.8) is 0 Å². The van der Waals surface area contributed by atoms with Crippen molar-refractivity contribution >= 4 is 0 Å². The van der Waals surface area contributed by atoms with E-state index in [1.54, 1.807) is 0 Å². The first-order valence-electron chi connectivity index (χ1n) is 9.51. The first-order valence-corrected chi connectivity index (χ1v) is 9.51. The lowest BCUT2D eigenvalue weighted by atomic mass is 9.83. The third kappa shape index (κ3) is 13.6. The van der Waals surface area contributed by atoms with Crippen LogP contribution >= 0.6 is 0 Å². The number of hydrogen-bond acceptors (Lipinski definition) is 2. The summed E-state index contributed by atoms with van der Waals surface area (Å²) < 4.78 is 5.76. The smallest absolute Gasteiger partial charge is 0.0466 e. The van der Waals surface area contributed by atoms with Crippen molar-refractivity contribution in [2.24, 2.45) is 10.8 Å². The highest BCUT2D eigenvalue weighted by molar-refractivity contribution is 4.69. The number of aliphatic hydroxyl groups is 1. The molecule has 2 heteroatoms. The molecule has 0 aromatic heterocycles. The molecule has 134 valence electrons. The van der Waals surface area contributed by atoms with Crippen LogP contribution in [0.1, 0.15) is 98.8 Å². The van der Waals surface area contributed by atoms with Gasteiger partial charge in [0, 0.05) is 19.8 Å². The average molecular weight is 315 g/mol. The minimum Gasteiger partial charge on any atom is -0.396 e. The van der Waals surface area contributed by atoms with Gasteiger partial charge in [-0.1, -0.05) is 53.9 Å². The topological polar surface area (TPSA) is 29.5 Å². The molecule has 0 atom stereocenters. The third-order valence-corrected chi connectivity index (χ3v) is 4.72. The molecule has 0 saturated heterocycles. The second-order valence-electron chi connectivity index (χ2n) is 8.43. The maximum atomic E-state index is 8.90. The van der Waals surface area contributed by atoms with Crippen molar-refractivity contribution in [1.82, 2.24) is 0 Å². The molecule has 0 aliphatic carbocycles. The van der Waals surface area contributed by atoms with Crippen LogP contribution in [0.4, 0.5) is 0 Å². The molecule has 0 fully saturated rings. The summed E-state index contributed by atoms with van der Waals surface area (Å²) in [6.07, 6.45) is 12.1. The molecule has 0 unspecified atom stereocenters. The summed E-state index contributed by atoms with van der Waals surface area (Å²) >= 11 is 0. The molecule has 1 N–H and O–H groups in total. The van der Waals surface area contributed by atoms with Crippen molar-refractivity contribution in [2.75, 3.05) is 19.8 Å². The summed E-state index contributed by atoms with van der Waals surface area (Å²) in [6.45, 7) is 13.8. The molecule has 0 bridgehead atoms. The van der Waals surface area contributed by atoms with Gasteiger partial charge in [0.2, 0.25) is 0 Å². The summed E-state index contributed by atoms with van der Waals surface area (Å²) in [5, 5.41) is 8.90. The maximum absolute atomic E-state index is 8.90. The Kier molecular flexibility index (Phi) is 12.3. The number of aliphatic hydroxyl groups excluding tert-OH is 1. The Balaban J connectivity index is 3.40. The molecule has 0 amide bonds. The van der Waals surface area contributed by atoms with E-state index >= 15 is 0 Å². The fourth-order valence-electron chi connectivity index (χ4n) is 3.20. The lowest BCUT2D eigenvalue weighted by molar-refractivity contribution is 0.119. The van der Waals surface area contributed by atoms with E-state index in [0.29, 0.717) is 17.4 Å². The highest BCUT2D eigenvalue weighted by Crippen LogP contribution is 2.29. The molecule has 0 aliphatic rings. The zero-order valence-electron chi connectivity index (χ0n) is 16.0. The lowest BCUT2D eigenvalue weighted by Crippen LogP contribution is -2.12. The van der Waals surface area contributed by atoms with E-state index in [2.05, 4.69) is 34.6 Å². The molecule has 0 aliphatic heterocycles. The fourth-order valence-corrected chi connectivity index (χ4v) is 3.20. The summed E-state index contributed by atoms with van der Waals surface area (Å²) in [5.41, 5.74) is 0.877. The molecule has 0 rings (SSSR count). The zero-order valence-corrected chi connectivity index (χ0v) is 16.0. The fraction of sp³-hybridized carbons (Fsp3) is 1.00. The highest BCUT2D eigenvalue weighted by atomic mass is 16.5. The Morgan fingerprint density at radius 1 is 0.682 bits per heavy atom. The predicted molar refractivity (Wildman–Crippen MR) is 97.3 cm³/mol. The molecule has 0 radical (unpaired) electrons. The highest BCUT2D eigenvalue weighted by Gasteiger charge is 2.16. The van der Waals surface area contributed by atoms with Gasteiger partial charge in [0.15, 0.2) is 0 Å². The molecule has 0 aromatic rings. The van der Waals surface area contributed by atoms with E-state index in [0.717, 1.165) is 26.1 Å². The minimum absolute atomic E-state index is 0.321. The van der Waals surface area contributed by atoms with Crippen LogP contribution in [-0.2, 0) is 4.74 Å². The van der Waals surface area contributed by atoms with Crippen molar-refractivity contribution in [1.29, 1.82) is 0 Å². The second-order valence-corrected chi connectivity index (χ2v) is 8.43. The second kappa shape index (κ2) is 12.4. The summed E-state index contributed by atoms with van der Waals surface area (Å²) in [6, 6.07) is 0. The Morgan fingerprint density at radius 2 is 1.14 bits per heavy atom. The monoisotopic (exact) mass is 314 g/mol. The molecular formula is C20H42O2. The molecule has 0 aromatic carbocycles. The van der Waals surface area contributed by atoms with Gasteiger partial charge >= 0.3 is 0 Å². The van der Waals surface area contributed by atoms with Crippen molar-refractivity contribution < 1.29 is 9.84 Å². The van der Waals surface area contributed by atoms with Gasteiger partial charge in [-0.2, -0.15) is 0 Å². The zero-order chi connectivity index (χ0) is 16.9.